The monoisotopic (exact) mass is 616 g/mol. The average molecular weight is 616 g/mol. The predicted octanol–water partition coefficient (Wildman–Crippen LogP) is 14.3. The van der Waals surface area contributed by atoms with Gasteiger partial charge in [0.2, 0.25) is 0 Å². The lowest BCUT2D eigenvalue weighted by Crippen LogP contribution is -2.37. The Morgan fingerprint density at radius 3 is 1.09 bits per heavy atom. The number of unbranched alkanes of at least 4 members (excludes halogenated alkanes) is 30. The number of imidazole rings is 1. The van der Waals surface area contributed by atoms with Crippen molar-refractivity contribution in [2.24, 2.45) is 0 Å². The highest BCUT2D eigenvalue weighted by molar-refractivity contribution is 4.84. The van der Waals surface area contributed by atoms with Crippen molar-refractivity contribution in [1.29, 1.82) is 0 Å². The van der Waals surface area contributed by atoms with Gasteiger partial charge in [-0.15, -0.1) is 0 Å². The van der Waals surface area contributed by atoms with Gasteiger partial charge in [-0.2, -0.15) is 0 Å². The normalized spacial score (nSPS) is 11.6. The molecule has 0 bridgehead atoms. The molecule has 1 rings (SSSR count). The number of rotatable bonds is 36. The first kappa shape index (κ1) is 41.2. The van der Waals surface area contributed by atoms with Gasteiger partial charge in [0.15, 0.2) is 0 Å². The second kappa shape index (κ2) is 33.6. The van der Waals surface area contributed by atoms with Crippen molar-refractivity contribution < 1.29 is 4.57 Å². The van der Waals surface area contributed by atoms with Gasteiger partial charge in [0, 0.05) is 6.42 Å². The van der Waals surface area contributed by atoms with E-state index in [-0.39, 0.29) is 0 Å². The van der Waals surface area contributed by atoms with E-state index in [9.17, 15) is 0 Å². The fraction of sp³-hybridized carbons (Fsp3) is 0.929. The number of hydrogen-bond donors (Lipinski definition) is 0. The van der Waals surface area contributed by atoms with Crippen LogP contribution in [0.1, 0.15) is 238 Å². The van der Waals surface area contributed by atoms with E-state index in [4.69, 9.17) is 0 Å². The lowest BCUT2D eigenvalue weighted by atomic mass is 10.0. The van der Waals surface area contributed by atoms with Crippen LogP contribution in [0, 0.1) is 0 Å². The molecule has 44 heavy (non-hydrogen) atoms. The maximum atomic E-state index is 2.61. The zero-order valence-electron chi connectivity index (χ0n) is 31.0. The number of aromatic nitrogens is 2. The largest absolute Gasteiger partial charge is 0.256 e. The maximum absolute atomic E-state index is 2.61. The lowest BCUT2D eigenvalue weighted by molar-refractivity contribution is -0.704. The molecule has 2 heteroatoms. The second-order valence-corrected chi connectivity index (χ2v) is 14.5. The van der Waals surface area contributed by atoms with Gasteiger partial charge in [-0.3, -0.25) is 0 Å². The Bertz CT molecular complexity index is 626. The molecule has 0 aliphatic carbocycles. The van der Waals surface area contributed by atoms with Crippen molar-refractivity contribution in [3.63, 3.8) is 0 Å². The molecule has 1 aromatic rings. The summed E-state index contributed by atoms with van der Waals surface area (Å²) in [5, 5.41) is 0. The minimum atomic E-state index is 1.23. The number of aryl methyl sites for hydroxylation is 2. The molecule has 0 N–H and O–H groups in total. The predicted molar refractivity (Wildman–Crippen MR) is 198 cm³/mol. The first-order chi connectivity index (χ1) is 21.8. The number of hydrogen-bond acceptors (Lipinski definition) is 0. The summed E-state index contributed by atoms with van der Waals surface area (Å²) in [5.41, 5.74) is 0. The van der Waals surface area contributed by atoms with Gasteiger partial charge >= 0.3 is 0 Å². The molecule has 0 spiro atoms. The van der Waals surface area contributed by atoms with Gasteiger partial charge in [-0.25, -0.2) is 9.13 Å². The summed E-state index contributed by atoms with van der Waals surface area (Å²) in [6, 6.07) is 0. The number of nitrogens with zero attached hydrogens (tertiary/aromatic N) is 2. The highest BCUT2D eigenvalue weighted by atomic mass is 15.1. The van der Waals surface area contributed by atoms with Gasteiger partial charge in [0.05, 0.1) is 13.1 Å². The molecule has 0 atom stereocenters. The fourth-order valence-corrected chi connectivity index (χ4v) is 7.03. The van der Waals surface area contributed by atoms with E-state index in [0.717, 1.165) is 0 Å². The Kier molecular flexibility index (Phi) is 31.5. The highest BCUT2D eigenvalue weighted by Gasteiger charge is 2.16. The molecule has 0 radical (unpaired) electrons. The quantitative estimate of drug-likeness (QED) is 0.0524. The van der Waals surface area contributed by atoms with Gasteiger partial charge in [0.25, 0.3) is 5.82 Å². The summed E-state index contributed by atoms with van der Waals surface area (Å²) in [7, 11) is 0. The topological polar surface area (TPSA) is 8.81 Å². The molecule has 0 saturated heterocycles. The summed E-state index contributed by atoms with van der Waals surface area (Å²) >= 11 is 0. The molecular formula is C42H83N2+. The van der Waals surface area contributed by atoms with Crippen LogP contribution in [0.3, 0.4) is 0 Å². The van der Waals surface area contributed by atoms with Crippen LogP contribution >= 0.6 is 0 Å². The van der Waals surface area contributed by atoms with Crippen molar-refractivity contribution in [3.05, 3.63) is 18.2 Å². The maximum Gasteiger partial charge on any atom is 0.256 e. The third-order valence-electron chi connectivity index (χ3n) is 10.1. The van der Waals surface area contributed by atoms with Crippen molar-refractivity contribution in [2.45, 2.75) is 252 Å². The Morgan fingerprint density at radius 1 is 0.386 bits per heavy atom. The molecule has 0 amide bonds. The summed E-state index contributed by atoms with van der Waals surface area (Å²) in [5.74, 6) is 1.61. The SMILES string of the molecule is CCCCCCCCCCCCCCCCCn1cc[n+](CCCCCCCCCCCCCCCCC)c1CCCCC. The third-order valence-corrected chi connectivity index (χ3v) is 10.1. The van der Waals surface area contributed by atoms with Crippen LogP contribution in [-0.4, -0.2) is 4.57 Å². The average Bonchev–Trinajstić information content (AvgIpc) is 3.42. The van der Waals surface area contributed by atoms with Crippen molar-refractivity contribution in [1.82, 2.24) is 4.57 Å². The summed E-state index contributed by atoms with van der Waals surface area (Å²) < 4.78 is 5.23. The van der Waals surface area contributed by atoms with Crippen molar-refractivity contribution in [2.75, 3.05) is 0 Å². The van der Waals surface area contributed by atoms with Crippen molar-refractivity contribution >= 4 is 0 Å². The van der Waals surface area contributed by atoms with E-state index in [2.05, 4.69) is 42.3 Å². The minimum Gasteiger partial charge on any atom is -0.234 e. The Morgan fingerprint density at radius 2 is 0.705 bits per heavy atom. The lowest BCUT2D eigenvalue weighted by Gasteiger charge is -2.07. The molecule has 0 saturated carbocycles. The van der Waals surface area contributed by atoms with E-state index in [1.54, 1.807) is 5.82 Å². The molecule has 1 aromatic heterocycles. The van der Waals surface area contributed by atoms with Crippen molar-refractivity contribution in [3.8, 4) is 0 Å². The second-order valence-electron chi connectivity index (χ2n) is 14.5. The standard InChI is InChI=1S/C42H83N2/c1-4-7-10-12-14-16-18-20-22-24-26-28-30-32-35-38-43-40-41-44(42(43)37-34-9-6-3)39-36-33-31-29-27-25-23-21-19-17-15-13-11-8-5-2/h40-41H,4-39H2,1-3H3/q+1. The summed E-state index contributed by atoms with van der Waals surface area (Å²) in [6.07, 6.45) is 53.4. The van der Waals surface area contributed by atoms with Crippen LogP contribution in [0.15, 0.2) is 12.4 Å². The zero-order valence-corrected chi connectivity index (χ0v) is 31.0. The van der Waals surface area contributed by atoms with Crippen LogP contribution in [-0.2, 0) is 19.5 Å². The molecule has 0 aromatic carbocycles. The van der Waals surface area contributed by atoms with E-state index in [1.807, 2.05) is 0 Å². The first-order valence-electron chi connectivity index (χ1n) is 20.9. The zero-order chi connectivity index (χ0) is 31.6. The molecule has 0 unspecified atom stereocenters. The molecule has 1 heterocycles. The smallest absolute Gasteiger partial charge is 0.234 e. The molecule has 0 aliphatic rings. The van der Waals surface area contributed by atoms with Gasteiger partial charge in [0.1, 0.15) is 12.4 Å². The van der Waals surface area contributed by atoms with Crippen LogP contribution in [0.4, 0.5) is 0 Å². The molecule has 0 fully saturated rings. The summed E-state index contributed by atoms with van der Waals surface area (Å²) in [6.45, 7) is 9.41. The molecule has 0 aliphatic heterocycles. The van der Waals surface area contributed by atoms with E-state index < -0.39 is 0 Å². The highest BCUT2D eigenvalue weighted by Crippen LogP contribution is 2.16. The molecule has 2 nitrogen and oxygen atoms in total. The Hall–Kier alpha value is -0.790. The Balaban J connectivity index is 2.08. The van der Waals surface area contributed by atoms with E-state index in [0.29, 0.717) is 0 Å². The van der Waals surface area contributed by atoms with Gasteiger partial charge in [-0.05, 0) is 32.1 Å². The minimum absolute atomic E-state index is 1.23. The van der Waals surface area contributed by atoms with Crippen LogP contribution in [0.5, 0.6) is 0 Å². The molecule has 260 valence electrons. The van der Waals surface area contributed by atoms with Gasteiger partial charge in [-0.1, -0.05) is 201 Å². The van der Waals surface area contributed by atoms with E-state index >= 15 is 0 Å². The third kappa shape index (κ3) is 25.4. The van der Waals surface area contributed by atoms with Crippen LogP contribution < -0.4 is 4.57 Å². The van der Waals surface area contributed by atoms with Gasteiger partial charge < -0.3 is 0 Å². The van der Waals surface area contributed by atoms with E-state index in [1.165, 1.54) is 231 Å². The molecular weight excluding hydrogens is 532 g/mol. The Labute approximate surface area is 279 Å². The first-order valence-corrected chi connectivity index (χ1v) is 20.9. The fourth-order valence-electron chi connectivity index (χ4n) is 7.03. The van der Waals surface area contributed by atoms with Crippen LogP contribution in [0.25, 0.3) is 0 Å². The van der Waals surface area contributed by atoms with Crippen LogP contribution in [0.2, 0.25) is 0 Å². The summed E-state index contributed by atoms with van der Waals surface area (Å²) in [4.78, 5) is 0.